The summed E-state index contributed by atoms with van der Waals surface area (Å²) in [6.07, 6.45) is 0.177. The third kappa shape index (κ3) is 4.28. The Balaban J connectivity index is 1.23. The summed E-state index contributed by atoms with van der Waals surface area (Å²) in [6, 6.07) is 13.1. The molecule has 0 bridgehead atoms. The van der Waals surface area contributed by atoms with E-state index in [4.69, 9.17) is 21.1 Å². The fourth-order valence-corrected chi connectivity index (χ4v) is 4.72. The SMILES string of the molecule is O=C(Nc1nc(-c2ccc3c(c2)OCCO3)cs1)C1CC(=O)N(Cc2ccccc2Cl)C1. The zero-order chi connectivity index (χ0) is 22.1. The summed E-state index contributed by atoms with van der Waals surface area (Å²) >= 11 is 7.55. The quantitative estimate of drug-likeness (QED) is 0.605. The van der Waals surface area contributed by atoms with Crippen molar-refractivity contribution in [3.8, 4) is 22.8 Å². The third-order valence-electron chi connectivity index (χ3n) is 5.48. The molecular weight excluding hydrogens is 450 g/mol. The minimum atomic E-state index is -0.424. The highest BCUT2D eigenvalue weighted by atomic mass is 35.5. The van der Waals surface area contributed by atoms with E-state index in [1.54, 1.807) is 11.0 Å². The second kappa shape index (κ2) is 8.80. The van der Waals surface area contributed by atoms with E-state index in [1.165, 1.54) is 11.3 Å². The smallest absolute Gasteiger partial charge is 0.231 e. The molecule has 2 aromatic carbocycles. The lowest BCUT2D eigenvalue weighted by Crippen LogP contribution is -2.28. The number of hydrogen-bond acceptors (Lipinski definition) is 6. The molecule has 0 spiro atoms. The molecule has 1 atom stereocenters. The number of nitrogens with zero attached hydrogens (tertiary/aromatic N) is 2. The fraction of sp³-hybridized carbons (Fsp3) is 0.261. The van der Waals surface area contributed by atoms with Crippen molar-refractivity contribution in [2.75, 3.05) is 25.1 Å². The Morgan fingerprint density at radius 1 is 1.19 bits per heavy atom. The highest BCUT2D eigenvalue weighted by molar-refractivity contribution is 7.14. The topological polar surface area (TPSA) is 80.8 Å². The summed E-state index contributed by atoms with van der Waals surface area (Å²) in [5.41, 5.74) is 2.49. The van der Waals surface area contributed by atoms with Crippen LogP contribution in [-0.2, 0) is 16.1 Å². The van der Waals surface area contributed by atoms with Crippen LogP contribution in [0.3, 0.4) is 0 Å². The number of anilines is 1. The molecule has 164 valence electrons. The first-order valence-corrected chi connectivity index (χ1v) is 11.5. The summed E-state index contributed by atoms with van der Waals surface area (Å²) in [5.74, 6) is 0.724. The number of carbonyl (C=O) groups is 2. The standard InChI is InChI=1S/C23H20ClN3O4S/c24-17-4-2-1-3-15(17)11-27-12-16(10-21(27)28)22(29)26-23-25-18(13-32-23)14-5-6-19-20(9-14)31-8-7-30-19/h1-6,9,13,16H,7-8,10-12H2,(H,25,26,29). The predicted octanol–water partition coefficient (Wildman–Crippen LogP) is 4.22. The van der Waals surface area contributed by atoms with Crippen LogP contribution in [0.4, 0.5) is 5.13 Å². The minimum Gasteiger partial charge on any atom is -0.486 e. The molecule has 0 saturated carbocycles. The van der Waals surface area contributed by atoms with E-state index in [0.717, 1.165) is 22.6 Å². The number of nitrogens with one attached hydrogen (secondary N) is 1. The van der Waals surface area contributed by atoms with Crippen LogP contribution in [0.5, 0.6) is 11.5 Å². The van der Waals surface area contributed by atoms with Gasteiger partial charge in [-0.05, 0) is 29.8 Å². The van der Waals surface area contributed by atoms with E-state index < -0.39 is 5.92 Å². The van der Waals surface area contributed by atoms with Crippen molar-refractivity contribution in [3.63, 3.8) is 0 Å². The van der Waals surface area contributed by atoms with Gasteiger partial charge in [-0.3, -0.25) is 9.59 Å². The van der Waals surface area contributed by atoms with Gasteiger partial charge in [0.1, 0.15) is 13.2 Å². The van der Waals surface area contributed by atoms with Crippen molar-refractivity contribution < 1.29 is 19.1 Å². The molecule has 1 N–H and O–H groups in total. The van der Waals surface area contributed by atoms with Gasteiger partial charge in [0.2, 0.25) is 11.8 Å². The minimum absolute atomic E-state index is 0.0545. The predicted molar refractivity (Wildman–Crippen MR) is 122 cm³/mol. The molecular formula is C23H20ClN3O4S. The molecule has 1 aromatic heterocycles. The van der Waals surface area contributed by atoms with Crippen LogP contribution >= 0.6 is 22.9 Å². The van der Waals surface area contributed by atoms with Crippen LogP contribution in [0.25, 0.3) is 11.3 Å². The Labute approximate surface area is 193 Å². The number of likely N-dealkylation sites (tertiary alicyclic amines) is 1. The molecule has 1 saturated heterocycles. The Morgan fingerprint density at radius 2 is 2.00 bits per heavy atom. The lowest BCUT2D eigenvalue weighted by atomic mass is 10.1. The van der Waals surface area contributed by atoms with Gasteiger partial charge in [-0.1, -0.05) is 29.8 Å². The monoisotopic (exact) mass is 469 g/mol. The van der Waals surface area contributed by atoms with E-state index in [9.17, 15) is 9.59 Å². The van der Waals surface area contributed by atoms with Gasteiger partial charge in [0.15, 0.2) is 16.6 Å². The molecule has 1 unspecified atom stereocenters. The number of thiazole rings is 1. The first-order valence-electron chi connectivity index (χ1n) is 10.2. The van der Waals surface area contributed by atoms with Crippen LogP contribution in [0.15, 0.2) is 47.8 Å². The maximum Gasteiger partial charge on any atom is 0.231 e. The maximum atomic E-state index is 12.8. The van der Waals surface area contributed by atoms with E-state index in [2.05, 4.69) is 10.3 Å². The number of rotatable bonds is 5. The molecule has 0 aliphatic carbocycles. The molecule has 3 aromatic rings. The van der Waals surface area contributed by atoms with Crippen molar-refractivity contribution in [1.82, 2.24) is 9.88 Å². The number of carbonyl (C=O) groups excluding carboxylic acids is 2. The van der Waals surface area contributed by atoms with Crippen LogP contribution in [0.1, 0.15) is 12.0 Å². The first-order chi connectivity index (χ1) is 15.6. The zero-order valence-electron chi connectivity index (χ0n) is 17.0. The highest BCUT2D eigenvalue weighted by Gasteiger charge is 2.34. The third-order valence-corrected chi connectivity index (χ3v) is 6.60. The van der Waals surface area contributed by atoms with Gasteiger partial charge in [-0.25, -0.2) is 4.98 Å². The lowest BCUT2D eigenvalue weighted by molar-refractivity contribution is -0.128. The highest BCUT2D eigenvalue weighted by Crippen LogP contribution is 2.35. The van der Waals surface area contributed by atoms with Gasteiger partial charge in [0.25, 0.3) is 0 Å². The number of amides is 2. The summed E-state index contributed by atoms with van der Waals surface area (Å²) < 4.78 is 11.2. The van der Waals surface area contributed by atoms with E-state index >= 15 is 0 Å². The number of fused-ring (bicyclic) bond motifs is 1. The van der Waals surface area contributed by atoms with Crippen molar-refractivity contribution in [1.29, 1.82) is 0 Å². The van der Waals surface area contributed by atoms with Gasteiger partial charge in [-0.15, -0.1) is 11.3 Å². The summed E-state index contributed by atoms with van der Waals surface area (Å²) in [5, 5.41) is 5.85. The van der Waals surface area contributed by atoms with Gasteiger partial charge in [0, 0.05) is 35.5 Å². The molecule has 2 aliphatic heterocycles. The molecule has 3 heterocycles. The van der Waals surface area contributed by atoms with E-state index in [-0.39, 0.29) is 18.2 Å². The Kier molecular flexibility index (Phi) is 5.71. The zero-order valence-corrected chi connectivity index (χ0v) is 18.6. The number of ether oxygens (including phenoxy) is 2. The molecule has 7 nitrogen and oxygen atoms in total. The van der Waals surface area contributed by atoms with Gasteiger partial charge in [-0.2, -0.15) is 0 Å². The Hall–Kier alpha value is -3.10. The van der Waals surface area contributed by atoms with Crippen LogP contribution in [-0.4, -0.2) is 41.5 Å². The molecule has 2 aliphatic rings. The van der Waals surface area contributed by atoms with Crippen LogP contribution in [0.2, 0.25) is 5.02 Å². The number of aromatic nitrogens is 1. The second-order valence-electron chi connectivity index (χ2n) is 7.65. The average Bonchev–Trinajstić information content (AvgIpc) is 3.42. The second-order valence-corrected chi connectivity index (χ2v) is 8.92. The molecule has 9 heteroatoms. The average molecular weight is 470 g/mol. The molecule has 32 heavy (non-hydrogen) atoms. The number of benzene rings is 2. The largest absolute Gasteiger partial charge is 0.486 e. The van der Waals surface area contributed by atoms with Crippen molar-refractivity contribution in [2.24, 2.45) is 5.92 Å². The van der Waals surface area contributed by atoms with Crippen molar-refractivity contribution >= 4 is 39.9 Å². The molecule has 0 radical (unpaired) electrons. The van der Waals surface area contributed by atoms with Gasteiger partial charge >= 0.3 is 0 Å². The molecule has 1 fully saturated rings. The molecule has 5 rings (SSSR count). The fourth-order valence-electron chi connectivity index (χ4n) is 3.81. The van der Waals surface area contributed by atoms with E-state index in [0.29, 0.717) is 42.2 Å². The Morgan fingerprint density at radius 3 is 2.84 bits per heavy atom. The van der Waals surface area contributed by atoms with Crippen molar-refractivity contribution in [3.05, 3.63) is 58.4 Å². The van der Waals surface area contributed by atoms with Crippen molar-refractivity contribution in [2.45, 2.75) is 13.0 Å². The van der Waals surface area contributed by atoms with Crippen LogP contribution < -0.4 is 14.8 Å². The normalized spacial score (nSPS) is 17.5. The lowest BCUT2D eigenvalue weighted by Gasteiger charge is -2.18. The van der Waals surface area contributed by atoms with E-state index in [1.807, 2.05) is 41.8 Å². The Bertz CT molecular complexity index is 1180. The summed E-state index contributed by atoms with van der Waals surface area (Å²) in [7, 11) is 0. The summed E-state index contributed by atoms with van der Waals surface area (Å²) in [6.45, 7) is 1.81. The summed E-state index contributed by atoms with van der Waals surface area (Å²) in [4.78, 5) is 31.4. The first kappa shape index (κ1) is 20.8. The number of hydrogen-bond donors (Lipinski definition) is 1. The van der Waals surface area contributed by atoms with Gasteiger partial charge in [0.05, 0.1) is 11.6 Å². The maximum absolute atomic E-state index is 12.8. The molecule has 2 amide bonds. The van der Waals surface area contributed by atoms with Crippen LogP contribution in [0, 0.1) is 5.92 Å². The number of halogens is 1. The van der Waals surface area contributed by atoms with Gasteiger partial charge < -0.3 is 19.7 Å².